The van der Waals surface area contributed by atoms with Crippen LogP contribution in [0.25, 0.3) is 54.1 Å². The first-order valence-electron chi connectivity index (χ1n) is 17.3. The molecule has 0 atom stereocenters. The number of furan rings is 1. The number of allylic oxidation sites excluding steroid dienone is 2. The van der Waals surface area contributed by atoms with Gasteiger partial charge in [-0.3, -0.25) is 9.78 Å². The molecule has 0 fully saturated rings. The summed E-state index contributed by atoms with van der Waals surface area (Å²) < 4.78 is 7.53. The number of hydrogen-bond acceptors (Lipinski definition) is 5. The van der Waals surface area contributed by atoms with Crippen LogP contribution < -0.4 is 0 Å². The number of aliphatic hydroxyl groups excluding tert-OH is 1. The van der Waals surface area contributed by atoms with E-state index in [2.05, 4.69) is 81.6 Å². The third kappa shape index (κ3) is 7.43. The second-order valence-electron chi connectivity index (χ2n) is 14.7. The van der Waals surface area contributed by atoms with Crippen molar-refractivity contribution in [2.45, 2.75) is 100 Å². The summed E-state index contributed by atoms with van der Waals surface area (Å²) in [5.41, 5.74) is 5.74. The first-order chi connectivity index (χ1) is 22.7. The van der Waals surface area contributed by atoms with E-state index < -0.39 is 0 Å². The van der Waals surface area contributed by atoms with E-state index in [0.717, 1.165) is 64.3 Å². The largest absolute Gasteiger partial charge is 0.512 e. The van der Waals surface area contributed by atoms with Crippen LogP contribution in [0.4, 0.5) is 0 Å². The molecule has 3 aromatic carbocycles. The molecule has 1 radical (unpaired) electrons. The van der Waals surface area contributed by atoms with Crippen LogP contribution in [0.3, 0.4) is 0 Å². The number of carbonyl (C=O) groups excluding carboxylic acids is 1. The number of nitrogens with zero attached hydrogens (tertiary/aromatic N) is 1. The van der Waals surface area contributed by atoms with Gasteiger partial charge in [-0.25, -0.2) is 0 Å². The number of aromatic nitrogens is 1. The topological polar surface area (TPSA) is 63.3 Å². The fourth-order valence-electron chi connectivity index (χ4n) is 6.24. The predicted octanol–water partition coefficient (Wildman–Crippen LogP) is 13.1. The molecule has 0 bridgehead atoms. The molecule has 0 saturated carbocycles. The van der Waals surface area contributed by atoms with Gasteiger partial charge in [0, 0.05) is 64.4 Å². The Bertz CT molecular complexity index is 2140. The van der Waals surface area contributed by atoms with E-state index in [1.165, 1.54) is 32.7 Å². The molecule has 0 aliphatic heterocycles. The van der Waals surface area contributed by atoms with Gasteiger partial charge in [0.05, 0.1) is 0 Å². The summed E-state index contributed by atoms with van der Waals surface area (Å²) in [4.78, 5) is 17.0. The molecule has 3 aromatic heterocycles. The molecule has 0 saturated heterocycles. The predicted molar refractivity (Wildman–Crippen MR) is 205 cm³/mol. The maximum absolute atomic E-state index is 12.2. The van der Waals surface area contributed by atoms with Gasteiger partial charge in [-0.2, -0.15) is 0 Å². The van der Waals surface area contributed by atoms with Crippen molar-refractivity contribution in [1.82, 2.24) is 4.98 Å². The number of thiophene rings is 1. The number of hydrogen-bond donors (Lipinski definition) is 1. The molecule has 49 heavy (non-hydrogen) atoms. The summed E-state index contributed by atoms with van der Waals surface area (Å²) in [7, 11) is 0. The van der Waals surface area contributed by atoms with Gasteiger partial charge in [0.15, 0.2) is 5.78 Å². The van der Waals surface area contributed by atoms with Gasteiger partial charge in [0.25, 0.3) is 0 Å². The quantitative estimate of drug-likeness (QED) is 0.0941. The summed E-state index contributed by atoms with van der Waals surface area (Å²) >= 11 is 1.76. The number of ketones is 1. The van der Waals surface area contributed by atoms with Crippen molar-refractivity contribution in [2.24, 2.45) is 10.8 Å². The van der Waals surface area contributed by atoms with Crippen LogP contribution in [0.1, 0.15) is 99.1 Å². The van der Waals surface area contributed by atoms with Crippen molar-refractivity contribution >= 4 is 59.9 Å². The van der Waals surface area contributed by atoms with E-state index in [9.17, 15) is 9.90 Å². The average Bonchev–Trinajstić information content (AvgIpc) is 3.64. The van der Waals surface area contributed by atoms with Crippen LogP contribution in [-0.2, 0) is 30.3 Å². The summed E-state index contributed by atoms with van der Waals surface area (Å²) in [6.45, 7) is 21.0. The first kappa shape index (κ1) is 38.5. The van der Waals surface area contributed by atoms with Crippen LogP contribution in [0.2, 0.25) is 0 Å². The van der Waals surface area contributed by atoms with Crippen molar-refractivity contribution in [3.05, 3.63) is 89.1 Å². The Morgan fingerprint density at radius 1 is 0.878 bits per heavy atom. The van der Waals surface area contributed by atoms with E-state index >= 15 is 0 Å². The van der Waals surface area contributed by atoms with Crippen LogP contribution in [0.15, 0.2) is 76.4 Å². The first-order valence-corrected chi connectivity index (χ1v) is 18.2. The zero-order valence-electron chi connectivity index (χ0n) is 30.6. The molecule has 6 rings (SSSR count). The van der Waals surface area contributed by atoms with Gasteiger partial charge in [-0.05, 0) is 72.6 Å². The summed E-state index contributed by atoms with van der Waals surface area (Å²) in [6, 6.07) is 20.8. The smallest absolute Gasteiger partial charge is 0.164 e. The van der Waals surface area contributed by atoms with Crippen LogP contribution in [0.5, 0.6) is 0 Å². The second-order valence-corrected chi connectivity index (χ2v) is 15.6. The minimum Gasteiger partial charge on any atom is -0.512 e. The summed E-state index contributed by atoms with van der Waals surface area (Å²) in [6.07, 6.45) is 6.59. The van der Waals surface area contributed by atoms with Crippen molar-refractivity contribution in [1.29, 1.82) is 0 Å². The Morgan fingerprint density at radius 2 is 1.53 bits per heavy atom. The number of fused-ring (bicyclic) bond motifs is 5. The average molecular weight is 853 g/mol. The molecular formula is C43H50IrNO3S-. The second kappa shape index (κ2) is 14.9. The van der Waals surface area contributed by atoms with Crippen LogP contribution in [-0.4, -0.2) is 15.9 Å². The number of carbonyl (C=O) groups is 1. The van der Waals surface area contributed by atoms with Gasteiger partial charge in [-0.1, -0.05) is 91.5 Å². The number of aryl methyl sites for hydroxylation is 1. The fraction of sp³-hybridized carbons (Fsp3) is 0.395. The van der Waals surface area contributed by atoms with Crippen molar-refractivity contribution in [2.75, 3.05) is 0 Å². The summed E-state index contributed by atoms with van der Waals surface area (Å²) in [5.74, 6) is 0.286. The standard InChI is InChI=1S/C28H22NOS.C15H28O2.Ir/c1-16-15-31-25-14-24-21(13-20(16)25)26-23(30-24)9-10-29-27(26)18-11-17-7-5-6-8-19(17)22(12-18)28(2,3)4;1-7-14(5,8-2)12(16)11-13(17)15(6,9-3)10-4;/h5-10,12-15H,1-4H3;11,16H,7-10H2,1-6H3;/q-1;;/b;12-11-;. The van der Waals surface area contributed by atoms with E-state index in [-0.39, 0.29) is 47.9 Å². The van der Waals surface area contributed by atoms with E-state index in [4.69, 9.17) is 9.40 Å². The Kier molecular flexibility index (Phi) is 11.7. The molecule has 4 nitrogen and oxygen atoms in total. The molecular weight excluding hydrogens is 803 g/mol. The Labute approximate surface area is 309 Å². The Morgan fingerprint density at radius 3 is 2.16 bits per heavy atom. The SMILES string of the molecule is CCC(C)(CC)C(=O)/C=C(\O)C(C)(CC)CC.Cc1csc2cc3oc4ccnc(-c5[c-]c6ccccc6c(C(C)(C)C)c5)c4c3cc12.[Ir]. The van der Waals surface area contributed by atoms with Crippen molar-refractivity contribution in [3.63, 3.8) is 0 Å². The minimum atomic E-state index is -0.337. The molecule has 1 N–H and O–H groups in total. The zero-order valence-corrected chi connectivity index (χ0v) is 33.8. The van der Waals surface area contributed by atoms with Crippen LogP contribution >= 0.6 is 11.3 Å². The molecule has 0 aliphatic carbocycles. The molecule has 261 valence electrons. The van der Waals surface area contributed by atoms with Gasteiger partial charge in [0.2, 0.25) is 0 Å². The summed E-state index contributed by atoms with van der Waals surface area (Å²) in [5, 5.41) is 18.2. The zero-order chi connectivity index (χ0) is 35.0. The van der Waals surface area contributed by atoms with E-state index in [1.807, 2.05) is 53.8 Å². The number of pyridine rings is 1. The fourth-order valence-corrected chi connectivity index (χ4v) is 7.19. The maximum Gasteiger partial charge on any atom is 0.164 e. The molecule has 0 aliphatic rings. The van der Waals surface area contributed by atoms with Crippen LogP contribution in [0, 0.1) is 23.8 Å². The van der Waals surface area contributed by atoms with Gasteiger partial charge < -0.3 is 9.52 Å². The monoisotopic (exact) mass is 853 g/mol. The number of rotatable bonds is 8. The maximum atomic E-state index is 12.2. The molecule has 0 amide bonds. The molecule has 0 unspecified atom stereocenters. The third-order valence-electron chi connectivity index (χ3n) is 10.7. The normalized spacial score (nSPS) is 12.7. The minimum absolute atomic E-state index is 0. The number of aliphatic hydroxyl groups is 1. The molecule has 6 aromatic rings. The molecule has 6 heteroatoms. The number of benzene rings is 3. The van der Waals surface area contributed by atoms with Crippen molar-refractivity contribution < 1.29 is 34.4 Å². The van der Waals surface area contributed by atoms with Gasteiger partial charge >= 0.3 is 0 Å². The van der Waals surface area contributed by atoms with Gasteiger partial charge in [-0.15, -0.1) is 40.5 Å². The van der Waals surface area contributed by atoms with E-state index in [0.29, 0.717) is 0 Å². The molecule has 0 spiro atoms. The third-order valence-corrected chi connectivity index (χ3v) is 11.8. The Hall–Kier alpha value is -3.31. The van der Waals surface area contributed by atoms with E-state index in [1.54, 1.807) is 11.3 Å². The Balaban J connectivity index is 0.000000260. The molecule has 3 heterocycles. The van der Waals surface area contributed by atoms with Crippen molar-refractivity contribution in [3.8, 4) is 11.3 Å². The van der Waals surface area contributed by atoms with Gasteiger partial charge in [0.1, 0.15) is 16.9 Å².